The number of rotatable bonds is 8. The molecule has 5 N–H and O–H groups in total. The molecule has 0 aliphatic carbocycles. The molecule has 1 aromatic rings. The highest BCUT2D eigenvalue weighted by molar-refractivity contribution is 8.00. The number of β-lactam (4-membered cyclic amide) rings is 1. The first kappa shape index (κ1) is 24.9. The summed E-state index contributed by atoms with van der Waals surface area (Å²) in [6.07, 6.45) is 0.200. The van der Waals surface area contributed by atoms with Crippen molar-refractivity contribution in [3.05, 3.63) is 22.3 Å². The summed E-state index contributed by atoms with van der Waals surface area (Å²) >= 11 is 2.35. The van der Waals surface area contributed by atoms with E-state index in [9.17, 15) is 24.3 Å². The highest BCUT2D eigenvalue weighted by atomic mass is 32.2. The monoisotopic (exact) mass is 527 g/mol. The van der Waals surface area contributed by atoms with E-state index in [4.69, 9.17) is 20.5 Å². The van der Waals surface area contributed by atoms with Gasteiger partial charge in [-0.15, -0.1) is 23.1 Å². The molecule has 4 heterocycles. The summed E-state index contributed by atoms with van der Waals surface area (Å²) in [5, 5.41) is 25.7. The van der Waals surface area contributed by atoms with E-state index in [1.165, 1.54) is 17.1 Å². The summed E-state index contributed by atoms with van der Waals surface area (Å²) in [4.78, 5) is 64.5. The van der Waals surface area contributed by atoms with Crippen LogP contribution >= 0.6 is 23.1 Å². The number of carboxylic acid groups (broad SMARTS) is 2. The van der Waals surface area contributed by atoms with Crippen molar-refractivity contribution < 1.29 is 43.7 Å². The number of aromatic nitrogens is 1. The normalized spacial score (nSPS) is 25.7. The Labute approximate surface area is 206 Å². The van der Waals surface area contributed by atoms with Crippen LogP contribution in [0.1, 0.15) is 12.1 Å². The van der Waals surface area contributed by atoms with Crippen LogP contribution in [0.4, 0.5) is 5.13 Å². The number of carbonyl (C=O) groups excluding carboxylic acids is 2. The Morgan fingerprint density at radius 3 is 2.71 bits per heavy atom. The number of carboxylic acids is 2. The molecule has 188 valence electrons. The first-order valence-corrected chi connectivity index (χ1v) is 12.3. The number of nitrogen functional groups attached to an aromatic ring is 1. The lowest BCUT2D eigenvalue weighted by molar-refractivity contribution is -1.06. The fraction of sp³-hybridized carbons (Fsp3) is 0.474. The number of aliphatic carboxylic acids is 2. The SMILES string of the molecule is C[N+]1(C)CC[C@@H](C2=C(C(=O)O)N3C(=O)C(NC(=O)/C(=N\OCC(=O)O)c4csc(N)n4)C3SC2)O1. The number of thioether (sulfide) groups is 1. The van der Waals surface area contributed by atoms with E-state index in [-0.39, 0.29) is 26.9 Å². The summed E-state index contributed by atoms with van der Waals surface area (Å²) in [5.74, 6) is -3.67. The van der Waals surface area contributed by atoms with Gasteiger partial charge in [-0.05, 0) is 0 Å². The first-order chi connectivity index (χ1) is 16.5. The van der Waals surface area contributed by atoms with Crippen molar-refractivity contribution >= 4 is 57.7 Å². The maximum absolute atomic E-state index is 13.0. The van der Waals surface area contributed by atoms with E-state index in [2.05, 4.69) is 15.5 Å². The minimum Gasteiger partial charge on any atom is -0.479 e. The van der Waals surface area contributed by atoms with Crippen molar-refractivity contribution in [1.29, 1.82) is 0 Å². The molecule has 3 aliphatic heterocycles. The van der Waals surface area contributed by atoms with Gasteiger partial charge in [0, 0.05) is 23.1 Å². The Kier molecular flexibility index (Phi) is 6.72. The Balaban J connectivity index is 1.53. The number of quaternary nitrogens is 1. The zero-order valence-electron chi connectivity index (χ0n) is 18.7. The molecule has 0 saturated carbocycles. The number of amides is 2. The van der Waals surface area contributed by atoms with E-state index in [0.717, 1.165) is 16.2 Å². The second kappa shape index (κ2) is 9.44. The highest BCUT2D eigenvalue weighted by Crippen LogP contribution is 2.43. The van der Waals surface area contributed by atoms with Gasteiger partial charge < -0.3 is 26.1 Å². The number of carbonyl (C=O) groups is 4. The standard InChI is InChI=1S/C19H22N6O8S2/c1-25(2)4-3-10(33-25)8-6-34-17-13(16(29)24(17)14(8)18(30)31)22-15(28)12(23-32-5-11(26)27)9-7-35-19(20)21-9/h7,10,13,17H,3-6H2,1-2H3,(H4-,20,21,22,26,27,28,30,31)/p+1/b23-12-/t10-,13?,17?/m0/s1. The van der Waals surface area contributed by atoms with E-state index < -0.39 is 47.9 Å². The molecule has 2 saturated heterocycles. The molecule has 3 aliphatic rings. The zero-order chi connectivity index (χ0) is 25.5. The van der Waals surface area contributed by atoms with Crippen LogP contribution in [0.2, 0.25) is 0 Å². The fourth-order valence-corrected chi connectivity index (χ4v) is 5.92. The van der Waals surface area contributed by atoms with E-state index in [1.807, 2.05) is 14.1 Å². The molecule has 0 spiro atoms. The van der Waals surface area contributed by atoms with Gasteiger partial charge in [-0.1, -0.05) is 5.16 Å². The van der Waals surface area contributed by atoms with E-state index >= 15 is 0 Å². The first-order valence-electron chi connectivity index (χ1n) is 10.3. The average molecular weight is 528 g/mol. The third-order valence-corrected chi connectivity index (χ3v) is 7.52. The van der Waals surface area contributed by atoms with Crippen LogP contribution in [0.3, 0.4) is 0 Å². The maximum Gasteiger partial charge on any atom is 0.352 e. The van der Waals surface area contributed by atoms with Gasteiger partial charge in [-0.3, -0.25) is 14.5 Å². The number of nitrogens with zero attached hydrogens (tertiary/aromatic N) is 4. The van der Waals surface area contributed by atoms with Crippen molar-refractivity contribution in [3.8, 4) is 0 Å². The van der Waals surface area contributed by atoms with Gasteiger partial charge in [0.2, 0.25) is 6.61 Å². The molecule has 16 heteroatoms. The highest BCUT2D eigenvalue weighted by Gasteiger charge is 2.56. The number of hydroxylamine groups is 3. The molecular weight excluding hydrogens is 504 g/mol. The number of hydrogen-bond donors (Lipinski definition) is 4. The predicted octanol–water partition coefficient (Wildman–Crippen LogP) is -0.950. The molecule has 14 nitrogen and oxygen atoms in total. The minimum absolute atomic E-state index is 0.0443. The van der Waals surface area contributed by atoms with Crippen LogP contribution in [0.5, 0.6) is 0 Å². The van der Waals surface area contributed by atoms with Crippen molar-refractivity contribution in [2.45, 2.75) is 23.9 Å². The lowest BCUT2D eigenvalue weighted by Gasteiger charge is -2.49. The Bertz CT molecular complexity index is 1150. The van der Waals surface area contributed by atoms with E-state index in [0.29, 0.717) is 24.3 Å². The van der Waals surface area contributed by atoms with Gasteiger partial charge >= 0.3 is 11.9 Å². The summed E-state index contributed by atoms with van der Waals surface area (Å²) < 4.78 is 0.287. The van der Waals surface area contributed by atoms with Crippen LogP contribution < -0.4 is 11.1 Å². The Hall–Kier alpha value is -3.21. The molecule has 2 fully saturated rings. The van der Waals surface area contributed by atoms with Crippen molar-refractivity contribution in [2.75, 3.05) is 38.7 Å². The van der Waals surface area contributed by atoms with Crippen molar-refractivity contribution in [1.82, 2.24) is 15.2 Å². The second-order valence-corrected chi connectivity index (χ2v) is 10.4. The summed E-state index contributed by atoms with van der Waals surface area (Å²) in [7, 11) is 3.74. The zero-order valence-corrected chi connectivity index (χ0v) is 20.3. The molecule has 2 amide bonds. The molecule has 0 bridgehead atoms. The number of hydrogen-bond acceptors (Lipinski definition) is 11. The molecular formula is C19H23N6O8S2+. The summed E-state index contributed by atoms with van der Waals surface area (Å²) in [5.41, 5.74) is 5.71. The second-order valence-electron chi connectivity index (χ2n) is 8.40. The van der Waals surface area contributed by atoms with Gasteiger partial charge in [0.05, 0.1) is 14.1 Å². The third-order valence-electron chi connectivity index (χ3n) is 5.54. The average Bonchev–Trinajstić information content (AvgIpc) is 3.38. The fourth-order valence-electron chi connectivity index (χ4n) is 3.97. The number of nitrogens with one attached hydrogen (secondary N) is 1. The molecule has 4 rings (SSSR count). The van der Waals surface area contributed by atoms with Crippen LogP contribution in [0, 0.1) is 0 Å². The van der Waals surface area contributed by atoms with Gasteiger partial charge in [0.15, 0.2) is 10.8 Å². The molecule has 1 aromatic heterocycles. The lowest BCUT2D eigenvalue weighted by atomic mass is 9.99. The smallest absolute Gasteiger partial charge is 0.352 e. The van der Waals surface area contributed by atoms with Gasteiger partial charge in [0.1, 0.15) is 35.5 Å². The largest absolute Gasteiger partial charge is 0.479 e. The number of anilines is 1. The Morgan fingerprint density at radius 1 is 1.40 bits per heavy atom. The number of thiazole rings is 1. The minimum atomic E-state index is -1.30. The molecule has 0 radical (unpaired) electrons. The third kappa shape index (κ3) is 4.95. The van der Waals surface area contributed by atoms with Crippen molar-refractivity contribution in [2.24, 2.45) is 5.16 Å². The number of oxime groups is 1. The predicted molar refractivity (Wildman–Crippen MR) is 123 cm³/mol. The van der Waals surface area contributed by atoms with Crippen LogP contribution in [0.25, 0.3) is 0 Å². The van der Waals surface area contributed by atoms with Gasteiger partial charge in [-0.2, -0.15) is 9.48 Å². The maximum atomic E-state index is 13.0. The van der Waals surface area contributed by atoms with Crippen LogP contribution in [0.15, 0.2) is 21.8 Å². The molecule has 35 heavy (non-hydrogen) atoms. The summed E-state index contributed by atoms with van der Waals surface area (Å²) in [6.45, 7) is -0.0890. The number of fused-ring (bicyclic) bond motifs is 1. The van der Waals surface area contributed by atoms with Crippen LogP contribution in [-0.4, -0.2) is 105 Å². The van der Waals surface area contributed by atoms with E-state index in [1.54, 1.807) is 0 Å². The van der Waals surface area contributed by atoms with Gasteiger partial charge in [-0.25, -0.2) is 14.6 Å². The summed E-state index contributed by atoms with van der Waals surface area (Å²) in [6, 6.07) is -1.03. The molecule has 0 aromatic carbocycles. The molecule has 2 unspecified atom stereocenters. The van der Waals surface area contributed by atoms with Gasteiger partial charge in [0.25, 0.3) is 11.8 Å². The van der Waals surface area contributed by atoms with Crippen LogP contribution in [-0.2, 0) is 28.9 Å². The quantitative estimate of drug-likeness (QED) is 0.141. The number of nitrogens with two attached hydrogens (primary N) is 1. The lowest BCUT2D eigenvalue weighted by Crippen LogP contribution is -2.71. The topological polar surface area (TPSA) is 194 Å². The molecule has 3 atom stereocenters. The van der Waals surface area contributed by atoms with Crippen molar-refractivity contribution in [3.63, 3.8) is 0 Å². The Morgan fingerprint density at radius 2 is 2.14 bits per heavy atom.